The van der Waals surface area contributed by atoms with E-state index in [2.05, 4.69) is 0 Å². The number of esters is 1. The first-order chi connectivity index (χ1) is 14.9. The fourth-order valence-corrected chi connectivity index (χ4v) is 7.49. The first kappa shape index (κ1) is 20.0. The molecule has 8 heteroatoms. The van der Waals surface area contributed by atoms with E-state index in [-0.39, 0.29) is 18.2 Å². The minimum atomic E-state index is -1.46. The molecule has 0 N–H and O–H groups in total. The number of hydrogen-bond acceptors (Lipinski definition) is 6. The number of benzene rings is 1. The molecule has 0 unspecified atom stereocenters. The van der Waals surface area contributed by atoms with E-state index >= 15 is 0 Å². The molecule has 2 aliphatic carbocycles. The highest BCUT2D eigenvalue weighted by Crippen LogP contribution is 2.69. The van der Waals surface area contributed by atoms with Gasteiger partial charge in [-0.2, -0.15) is 0 Å². The number of Topliss-reactive ketones (excluding diaryl/α,β-unsaturated/α-hetero) is 1. The van der Waals surface area contributed by atoms with Crippen LogP contribution < -0.4 is 4.90 Å². The van der Waals surface area contributed by atoms with Crippen molar-refractivity contribution in [2.24, 2.45) is 5.41 Å². The lowest BCUT2D eigenvalue weighted by atomic mass is 9.42. The van der Waals surface area contributed by atoms with Gasteiger partial charge in [-0.05, 0) is 42.7 Å². The van der Waals surface area contributed by atoms with Gasteiger partial charge in [0, 0.05) is 19.4 Å². The van der Waals surface area contributed by atoms with Crippen LogP contribution >= 0.6 is 0 Å². The second-order valence-corrected chi connectivity index (χ2v) is 9.25. The number of fused-ring (bicyclic) bond motifs is 1. The van der Waals surface area contributed by atoms with Crippen LogP contribution in [0.4, 0.5) is 10.5 Å². The molecule has 2 saturated carbocycles. The molecule has 0 radical (unpaired) electrons. The lowest BCUT2D eigenvalue weighted by molar-refractivity contribution is -0.175. The minimum Gasteiger partial charge on any atom is -0.467 e. The zero-order valence-corrected chi connectivity index (χ0v) is 17.8. The Labute approximate surface area is 180 Å². The molecule has 31 heavy (non-hydrogen) atoms. The lowest BCUT2D eigenvalue weighted by Gasteiger charge is -2.66. The molecule has 2 heterocycles. The smallest absolute Gasteiger partial charge is 0.415 e. The normalized spacial score (nSPS) is 35.5. The Bertz CT molecular complexity index is 994. The van der Waals surface area contributed by atoms with Crippen molar-refractivity contribution in [3.8, 4) is 0 Å². The number of amides is 2. The topological polar surface area (TPSA) is 93.2 Å². The number of methoxy groups -OCH3 is 2. The zero-order chi connectivity index (χ0) is 22.0. The van der Waals surface area contributed by atoms with Crippen molar-refractivity contribution in [2.75, 3.05) is 25.7 Å². The molecular weight excluding hydrogens is 400 g/mol. The molecule has 3 fully saturated rings. The molecule has 1 aromatic rings. The molecule has 2 aliphatic heterocycles. The molecule has 5 rings (SSSR count). The Hall–Kier alpha value is -2.90. The van der Waals surface area contributed by atoms with E-state index in [0.29, 0.717) is 31.5 Å². The summed E-state index contributed by atoms with van der Waals surface area (Å²) in [6.07, 6.45) is 3.15. The van der Waals surface area contributed by atoms with Gasteiger partial charge in [-0.15, -0.1) is 0 Å². The van der Waals surface area contributed by atoms with Crippen LogP contribution in [0.3, 0.4) is 0 Å². The number of anilines is 1. The predicted molar refractivity (Wildman–Crippen MR) is 109 cm³/mol. The second-order valence-electron chi connectivity index (χ2n) is 9.25. The Kier molecular flexibility index (Phi) is 4.23. The average molecular weight is 426 g/mol. The Morgan fingerprint density at radius 3 is 2.58 bits per heavy atom. The summed E-state index contributed by atoms with van der Waals surface area (Å²) < 4.78 is 10.4. The summed E-state index contributed by atoms with van der Waals surface area (Å²) in [6, 6.07) is 6.91. The number of para-hydroxylation sites is 1. The number of carbonyl (C=O) groups is 4. The van der Waals surface area contributed by atoms with E-state index in [9.17, 15) is 19.2 Å². The third-order valence-electron chi connectivity index (χ3n) is 8.24. The van der Waals surface area contributed by atoms with Crippen molar-refractivity contribution in [3.63, 3.8) is 0 Å². The van der Waals surface area contributed by atoms with Crippen molar-refractivity contribution in [2.45, 2.75) is 55.5 Å². The summed E-state index contributed by atoms with van der Waals surface area (Å²) in [5.41, 5.74) is -1.67. The molecule has 1 spiro atoms. The molecule has 2 amide bonds. The average Bonchev–Trinajstić information content (AvgIpc) is 3.03. The van der Waals surface area contributed by atoms with Gasteiger partial charge in [0.25, 0.3) is 0 Å². The van der Waals surface area contributed by atoms with Gasteiger partial charge < -0.3 is 14.4 Å². The maximum absolute atomic E-state index is 13.6. The molecule has 8 nitrogen and oxygen atoms in total. The first-order valence-electron chi connectivity index (χ1n) is 10.7. The van der Waals surface area contributed by atoms with Gasteiger partial charge in [-0.3, -0.25) is 14.5 Å². The van der Waals surface area contributed by atoms with E-state index in [1.807, 2.05) is 12.1 Å². The van der Waals surface area contributed by atoms with Gasteiger partial charge in [-0.1, -0.05) is 18.2 Å². The quantitative estimate of drug-likeness (QED) is 0.532. The maximum atomic E-state index is 13.6. The summed E-state index contributed by atoms with van der Waals surface area (Å²) in [6.45, 7) is 0.559. The highest BCUT2D eigenvalue weighted by Gasteiger charge is 2.79. The molecule has 1 saturated heterocycles. The molecule has 0 aromatic heterocycles. The zero-order valence-electron chi connectivity index (χ0n) is 17.8. The third kappa shape index (κ3) is 2.15. The number of likely N-dealkylation sites (tertiary alicyclic amines) is 1. The molecular formula is C23H26N2O6. The van der Waals surface area contributed by atoms with Crippen LogP contribution in [-0.4, -0.2) is 61.5 Å². The van der Waals surface area contributed by atoms with E-state index in [1.54, 1.807) is 17.0 Å². The summed E-state index contributed by atoms with van der Waals surface area (Å²) in [5, 5.41) is 0. The van der Waals surface area contributed by atoms with Crippen LogP contribution in [0.15, 0.2) is 24.3 Å². The Morgan fingerprint density at radius 1 is 1.10 bits per heavy atom. The molecule has 164 valence electrons. The van der Waals surface area contributed by atoms with Crippen LogP contribution in [0.5, 0.6) is 0 Å². The van der Waals surface area contributed by atoms with Crippen molar-refractivity contribution < 1.29 is 28.7 Å². The van der Waals surface area contributed by atoms with Crippen LogP contribution in [0.2, 0.25) is 0 Å². The summed E-state index contributed by atoms with van der Waals surface area (Å²) >= 11 is 0. The van der Waals surface area contributed by atoms with Gasteiger partial charge in [-0.25, -0.2) is 9.59 Å². The standard InChI is InChI=1S/C23H26N2O6/c1-30-19(28)23-10-9-21-8-5-11-24(14-26)18(21)22(23,13-15(27)12-21)16-6-3-4-7-17(16)25(23)20(29)31-2/h3-4,6-7,14,18H,5,8-13H2,1-2H3/t18-,21+,22+,23+/m0/s1. The van der Waals surface area contributed by atoms with Crippen LogP contribution in [0.1, 0.15) is 44.1 Å². The SMILES string of the molecule is COC(=O)N1c2ccccc2[C@]23CC(=O)C[C@@]4(CCCN(C=O)[C@@H]42)CC[C@]13C(=O)OC. The van der Waals surface area contributed by atoms with Crippen LogP contribution in [-0.2, 0) is 29.3 Å². The van der Waals surface area contributed by atoms with Crippen LogP contribution in [0, 0.1) is 5.41 Å². The van der Waals surface area contributed by atoms with Gasteiger partial charge in [0.1, 0.15) is 5.78 Å². The highest BCUT2D eigenvalue weighted by molar-refractivity contribution is 6.06. The van der Waals surface area contributed by atoms with Crippen LogP contribution in [0.25, 0.3) is 0 Å². The number of ether oxygens (including phenoxy) is 2. The fraction of sp³-hybridized carbons (Fsp3) is 0.565. The predicted octanol–water partition coefficient (Wildman–Crippen LogP) is 2.19. The summed E-state index contributed by atoms with van der Waals surface area (Å²) in [7, 11) is 2.58. The summed E-state index contributed by atoms with van der Waals surface area (Å²) in [4.78, 5) is 55.5. The number of piperidine rings is 1. The number of ketones is 1. The van der Waals surface area contributed by atoms with Crippen molar-refractivity contribution in [3.05, 3.63) is 29.8 Å². The van der Waals surface area contributed by atoms with E-state index in [1.165, 1.54) is 19.1 Å². The molecule has 1 aromatic carbocycles. The minimum absolute atomic E-state index is 0.0542. The van der Waals surface area contributed by atoms with Crippen molar-refractivity contribution in [1.82, 2.24) is 4.90 Å². The van der Waals surface area contributed by atoms with Gasteiger partial charge >= 0.3 is 12.1 Å². The van der Waals surface area contributed by atoms with Crippen molar-refractivity contribution >= 4 is 29.9 Å². The molecule has 4 atom stereocenters. The number of carbonyl (C=O) groups excluding carboxylic acids is 4. The summed E-state index contributed by atoms with van der Waals surface area (Å²) in [5.74, 6) is -0.521. The first-order valence-corrected chi connectivity index (χ1v) is 10.7. The van der Waals surface area contributed by atoms with Gasteiger partial charge in [0.2, 0.25) is 6.41 Å². The third-order valence-corrected chi connectivity index (χ3v) is 8.24. The van der Waals surface area contributed by atoms with E-state index in [0.717, 1.165) is 24.8 Å². The largest absolute Gasteiger partial charge is 0.467 e. The molecule has 4 aliphatic rings. The maximum Gasteiger partial charge on any atom is 0.415 e. The monoisotopic (exact) mass is 426 g/mol. The van der Waals surface area contributed by atoms with Gasteiger partial charge in [0.15, 0.2) is 5.54 Å². The lowest BCUT2D eigenvalue weighted by Crippen LogP contribution is -2.79. The molecule has 2 bridgehead atoms. The number of rotatable bonds is 2. The Balaban J connectivity index is 1.89. The van der Waals surface area contributed by atoms with Crippen molar-refractivity contribution in [1.29, 1.82) is 0 Å². The van der Waals surface area contributed by atoms with Gasteiger partial charge in [0.05, 0.1) is 31.4 Å². The fourth-order valence-electron chi connectivity index (χ4n) is 7.49. The Morgan fingerprint density at radius 2 is 1.87 bits per heavy atom. The van der Waals surface area contributed by atoms with E-state index in [4.69, 9.17) is 9.47 Å². The highest BCUT2D eigenvalue weighted by atomic mass is 16.5. The second kappa shape index (κ2) is 6.55. The van der Waals surface area contributed by atoms with E-state index < -0.39 is 28.4 Å². The number of hydrogen-bond donors (Lipinski definition) is 0. The number of nitrogens with zero attached hydrogens (tertiary/aromatic N) is 2.